The third-order valence-corrected chi connectivity index (χ3v) is 7.40. The predicted molar refractivity (Wildman–Crippen MR) is 190 cm³/mol. The van der Waals surface area contributed by atoms with Gasteiger partial charge in [0.25, 0.3) is 0 Å². The van der Waals surface area contributed by atoms with Crippen LogP contribution in [0.3, 0.4) is 0 Å². The maximum Gasteiger partial charge on any atom is 0.440 e. The molecule has 0 N–H and O–H groups in total. The van der Waals surface area contributed by atoms with Crippen LogP contribution in [0.4, 0.5) is 21.0 Å². The second-order valence-corrected chi connectivity index (χ2v) is 10.6. The number of hydrogen-bond acceptors (Lipinski definition) is 8. The molecule has 0 aliphatic rings. The fourth-order valence-corrected chi connectivity index (χ4v) is 4.69. The quantitative estimate of drug-likeness (QED) is 0.0557. The first-order valence-electron chi connectivity index (χ1n) is 15.9. The molecule has 0 unspecified atom stereocenters. The highest BCUT2D eigenvalue weighted by Gasteiger charge is 2.16. The van der Waals surface area contributed by atoms with Crippen LogP contribution in [0.15, 0.2) is 120 Å². The monoisotopic (exact) mass is 650 g/mol. The molecule has 2 amide bonds. The first kappa shape index (κ1) is 35.5. The summed E-state index contributed by atoms with van der Waals surface area (Å²) in [5.74, 6) is 0. The van der Waals surface area contributed by atoms with Gasteiger partial charge in [0, 0.05) is 62.7 Å². The van der Waals surface area contributed by atoms with Crippen LogP contribution in [0.25, 0.3) is 11.1 Å². The van der Waals surface area contributed by atoms with Crippen LogP contribution >= 0.6 is 0 Å². The molecule has 0 saturated heterocycles. The van der Waals surface area contributed by atoms with Gasteiger partial charge in [0.05, 0.1) is 24.6 Å². The fraction of sp³-hybridized carbons (Fsp3) is 0.263. The van der Waals surface area contributed by atoms with Gasteiger partial charge in [0.1, 0.15) is 0 Å². The van der Waals surface area contributed by atoms with E-state index >= 15 is 0 Å². The summed E-state index contributed by atoms with van der Waals surface area (Å²) in [6.45, 7) is 5.79. The van der Waals surface area contributed by atoms with Crippen molar-refractivity contribution in [2.24, 2.45) is 10.3 Å². The van der Waals surface area contributed by atoms with Crippen molar-refractivity contribution in [1.82, 2.24) is 0 Å². The second-order valence-electron chi connectivity index (χ2n) is 10.6. The smallest absolute Gasteiger partial charge is 0.381 e. The number of carbonyl (C=O) groups excluding carboxylic acids is 2. The van der Waals surface area contributed by atoms with Crippen LogP contribution in [0, 0.1) is 0 Å². The van der Waals surface area contributed by atoms with Gasteiger partial charge in [-0.25, -0.2) is 9.59 Å². The number of anilines is 2. The molecule has 0 aliphatic carbocycles. The number of benzene rings is 4. The lowest BCUT2D eigenvalue weighted by atomic mass is 9.97. The number of hydrogen-bond donors (Lipinski definition) is 0. The van der Waals surface area contributed by atoms with E-state index in [1.54, 1.807) is 14.1 Å². The van der Waals surface area contributed by atoms with Gasteiger partial charge < -0.3 is 9.47 Å². The Bertz CT molecular complexity index is 1550. The predicted octanol–water partition coefficient (Wildman–Crippen LogP) is 8.16. The fourth-order valence-electron chi connectivity index (χ4n) is 4.69. The van der Waals surface area contributed by atoms with Gasteiger partial charge in [0.2, 0.25) is 0 Å². The summed E-state index contributed by atoms with van der Waals surface area (Å²) in [6.07, 6.45) is -0.324. The molecule has 0 heterocycles. The Morgan fingerprint density at radius 2 is 0.958 bits per heavy atom. The van der Waals surface area contributed by atoms with Crippen LogP contribution in [0.1, 0.15) is 37.8 Å². The molecular weight excluding hydrogens is 608 g/mol. The van der Waals surface area contributed by atoms with Crippen molar-refractivity contribution in [2.75, 3.05) is 50.3 Å². The minimum atomic E-state index is -0.603. The van der Waals surface area contributed by atoms with E-state index in [2.05, 4.69) is 10.3 Å². The van der Waals surface area contributed by atoms with Crippen molar-refractivity contribution in [3.8, 4) is 11.1 Å². The van der Waals surface area contributed by atoms with Gasteiger partial charge in [-0.2, -0.15) is 0 Å². The van der Waals surface area contributed by atoms with E-state index in [1.165, 1.54) is 9.80 Å². The zero-order chi connectivity index (χ0) is 34.1. The molecule has 4 aromatic rings. The lowest BCUT2D eigenvalue weighted by Gasteiger charge is -2.15. The van der Waals surface area contributed by atoms with Crippen molar-refractivity contribution < 1.29 is 28.7 Å². The molecule has 48 heavy (non-hydrogen) atoms. The molecule has 0 aromatic heterocycles. The van der Waals surface area contributed by atoms with Crippen LogP contribution in [-0.4, -0.2) is 64.1 Å². The molecular formula is C38H42N4O6. The summed E-state index contributed by atoms with van der Waals surface area (Å²) in [6, 6.07) is 34.1. The first-order valence-corrected chi connectivity index (χ1v) is 15.9. The van der Waals surface area contributed by atoms with E-state index in [4.69, 9.17) is 19.1 Å². The SMILES string of the molecule is CCOCC/C(=N\OC(=O)N(C)c1ccccc1)c1cccc(-c2cccc(/C(CCOCC)=N/OC(=O)N(C)c3ccccc3)c2)c1. The normalized spacial score (nSPS) is 11.6. The van der Waals surface area contributed by atoms with Crippen LogP contribution < -0.4 is 9.80 Å². The topological polar surface area (TPSA) is 102 Å². The van der Waals surface area contributed by atoms with Crippen LogP contribution in [0.2, 0.25) is 0 Å². The zero-order valence-corrected chi connectivity index (χ0v) is 27.9. The Balaban J connectivity index is 1.58. The molecule has 0 spiro atoms. The molecule has 4 rings (SSSR count). The van der Waals surface area contributed by atoms with E-state index in [0.717, 1.165) is 22.3 Å². The lowest BCUT2D eigenvalue weighted by Crippen LogP contribution is -2.26. The van der Waals surface area contributed by atoms with Crippen molar-refractivity contribution in [3.63, 3.8) is 0 Å². The molecule has 0 atom stereocenters. The minimum absolute atomic E-state index is 0.416. The number of oxime groups is 2. The van der Waals surface area contributed by atoms with Gasteiger partial charge in [-0.3, -0.25) is 19.5 Å². The highest BCUT2D eigenvalue weighted by Crippen LogP contribution is 2.24. The number of para-hydroxylation sites is 2. The Morgan fingerprint density at radius 1 is 0.562 bits per heavy atom. The standard InChI is InChI=1S/C38H42N4O6/c1-5-45-25-23-35(39-47-37(43)41(3)33-19-9-7-10-20-33)31-17-13-15-29(27-31)30-16-14-18-32(28-30)36(24-26-46-6-2)40-48-38(44)42(4)34-21-11-8-12-22-34/h7-22,27-28H,5-6,23-26H2,1-4H3/b39-35+,40-36+. The van der Waals surface area contributed by atoms with Gasteiger partial charge in [-0.15, -0.1) is 0 Å². The number of amides is 2. The van der Waals surface area contributed by atoms with E-state index in [0.29, 0.717) is 62.1 Å². The van der Waals surface area contributed by atoms with E-state index in [1.807, 2.05) is 123 Å². The van der Waals surface area contributed by atoms with Crippen molar-refractivity contribution in [2.45, 2.75) is 26.7 Å². The Morgan fingerprint density at radius 3 is 1.33 bits per heavy atom. The molecule has 250 valence electrons. The van der Waals surface area contributed by atoms with Gasteiger partial charge in [-0.1, -0.05) is 83.1 Å². The van der Waals surface area contributed by atoms with Gasteiger partial charge >= 0.3 is 12.2 Å². The second kappa shape index (κ2) is 18.7. The Labute approximate surface area is 282 Å². The molecule has 10 heteroatoms. The molecule has 0 radical (unpaired) electrons. The Kier molecular flexibility index (Phi) is 13.9. The van der Waals surface area contributed by atoms with Gasteiger partial charge in [0.15, 0.2) is 0 Å². The average molecular weight is 651 g/mol. The number of rotatable bonds is 15. The molecule has 0 aliphatic heterocycles. The maximum absolute atomic E-state index is 12.8. The number of carbonyl (C=O) groups is 2. The summed E-state index contributed by atoms with van der Waals surface area (Å²) in [4.78, 5) is 39.2. The molecule has 0 fully saturated rings. The van der Waals surface area contributed by atoms with Crippen LogP contribution in [-0.2, 0) is 19.1 Å². The van der Waals surface area contributed by atoms with E-state index < -0.39 is 12.2 Å². The van der Waals surface area contributed by atoms with Crippen LogP contribution in [0.5, 0.6) is 0 Å². The lowest BCUT2D eigenvalue weighted by molar-refractivity contribution is 0.149. The highest BCUT2D eigenvalue weighted by molar-refractivity contribution is 6.03. The van der Waals surface area contributed by atoms with Crippen molar-refractivity contribution >= 4 is 35.0 Å². The average Bonchev–Trinajstić information content (AvgIpc) is 3.14. The summed E-state index contributed by atoms with van der Waals surface area (Å²) in [5.41, 5.74) is 5.93. The summed E-state index contributed by atoms with van der Waals surface area (Å²) >= 11 is 0. The number of ether oxygens (including phenoxy) is 2. The van der Waals surface area contributed by atoms with E-state index in [9.17, 15) is 9.59 Å². The summed E-state index contributed by atoms with van der Waals surface area (Å²) < 4.78 is 11.2. The minimum Gasteiger partial charge on any atom is -0.381 e. The molecule has 0 bridgehead atoms. The third-order valence-electron chi connectivity index (χ3n) is 7.40. The largest absolute Gasteiger partial charge is 0.440 e. The number of nitrogens with zero attached hydrogens (tertiary/aromatic N) is 4. The first-order chi connectivity index (χ1) is 23.4. The molecule has 0 saturated carbocycles. The third kappa shape index (κ3) is 10.3. The summed E-state index contributed by atoms with van der Waals surface area (Å²) in [7, 11) is 3.27. The van der Waals surface area contributed by atoms with Crippen molar-refractivity contribution in [3.05, 3.63) is 120 Å². The van der Waals surface area contributed by atoms with E-state index in [-0.39, 0.29) is 0 Å². The van der Waals surface area contributed by atoms with Gasteiger partial charge in [-0.05, 0) is 61.4 Å². The highest BCUT2D eigenvalue weighted by atomic mass is 16.7. The van der Waals surface area contributed by atoms with Crippen molar-refractivity contribution in [1.29, 1.82) is 0 Å². The Hall–Kier alpha value is -5.32. The molecule has 4 aromatic carbocycles. The summed E-state index contributed by atoms with van der Waals surface area (Å²) in [5, 5.41) is 8.54. The zero-order valence-electron chi connectivity index (χ0n) is 27.9. The maximum atomic E-state index is 12.8. The molecule has 10 nitrogen and oxygen atoms in total.